The summed E-state index contributed by atoms with van der Waals surface area (Å²) in [4.78, 5) is 0. The SMILES string of the molecule is CCCC1CNCCC12CCOC2C. The molecule has 0 amide bonds. The minimum absolute atomic E-state index is 0.487. The lowest BCUT2D eigenvalue weighted by Gasteiger charge is -2.44. The van der Waals surface area contributed by atoms with Crippen molar-refractivity contribution in [2.24, 2.45) is 11.3 Å². The van der Waals surface area contributed by atoms with E-state index in [1.165, 1.54) is 38.8 Å². The van der Waals surface area contributed by atoms with E-state index < -0.39 is 0 Å². The highest BCUT2D eigenvalue weighted by Crippen LogP contribution is 2.47. The summed E-state index contributed by atoms with van der Waals surface area (Å²) in [6, 6.07) is 0. The van der Waals surface area contributed by atoms with Crippen molar-refractivity contribution in [2.45, 2.75) is 45.6 Å². The van der Waals surface area contributed by atoms with Gasteiger partial charge in [-0.1, -0.05) is 13.3 Å². The van der Waals surface area contributed by atoms with E-state index in [4.69, 9.17) is 4.74 Å². The Bertz CT molecular complexity index is 193. The monoisotopic (exact) mass is 197 g/mol. The second-order valence-electron chi connectivity index (χ2n) is 4.94. The largest absolute Gasteiger partial charge is 0.378 e. The highest BCUT2D eigenvalue weighted by atomic mass is 16.5. The van der Waals surface area contributed by atoms with E-state index in [0.717, 1.165) is 12.5 Å². The number of rotatable bonds is 2. The first-order valence-corrected chi connectivity index (χ1v) is 6.12. The van der Waals surface area contributed by atoms with Gasteiger partial charge in [0.05, 0.1) is 6.10 Å². The van der Waals surface area contributed by atoms with E-state index in [9.17, 15) is 0 Å². The highest BCUT2D eigenvalue weighted by molar-refractivity contribution is 4.98. The van der Waals surface area contributed by atoms with Crippen molar-refractivity contribution < 1.29 is 4.74 Å². The number of piperidine rings is 1. The number of nitrogens with one attached hydrogen (secondary N) is 1. The Morgan fingerprint density at radius 1 is 1.43 bits per heavy atom. The molecule has 0 radical (unpaired) electrons. The summed E-state index contributed by atoms with van der Waals surface area (Å²) in [6.45, 7) is 7.96. The molecule has 2 heterocycles. The minimum Gasteiger partial charge on any atom is -0.378 e. The average Bonchev–Trinajstić information content (AvgIpc) is 2.54. The zero-order valence-electron chi connectivity index (χ0n) is 9.51. The molecule has 2 saturated heterocycles. The molecule has 0 aromatic heterocycles. The van der Waals surface area contributed by atoms with Crippen LogP contribution >= 0.6 is 0 Å². The van der Waals surface area contributed by atoms with E-state index in [0.29, 0.717) is 11.5 Å². The minimum atomic E-state index is 0.487. The van der Waals surface area contributed by atoms with Gasteiger partial charge in [-0.05, 0) is 45.2 Å². The molecule has 0 saturated carbocycles. The number of hydrogen-bond acceptors (Lipinski definition) is 2. The number of hydrogen-bond donors (Lipinski definition) is 1. The van der Waals surface area contributed by atoms with Gasteiger partial charge in [0.1, 0.15) is 0 Å². The maximum atomic E-state index is 5.79. The standard InChI is InChI=1S/C12H23NO/c1-3-4-11-9-13-7-5-12(11)6-8-14-10(12)2/h10-11,13H,3-9H2,1-2H3. The summed E-state index contributed by atoms with van der Waals surface area (Å²) >= 11 is 0. The molecule has 2 nitrogen and oxygen atoms in total. The summed E-state index contributed by atoms with van der Waals surface area (Å²) in [5.41, 5.74) is 0.515. The first-order valence-electron chi connectivity index (χ1n) is 6.12. The molecule has 2 fully saturated rings. The zero-order chi connectivity index (χ0) is 10.0. The van der Waals surface area contributed by atoms with Gasteiger partial charge in [-0.2, -0.15) is 0 Å². The molecular formula is C12H23NO. The van der Waals surface area contributed by atoms with Gasteiger partial charge >= 0.3 is 0 Å². The molecule has 3 unspecified atom stereocenters. The van der Waals surface area contributed by atoms with Gasteiger partial charge in [0.25, 0.3) is 0 Å². The van der Waals surface area contributed by atoms with Gasteiger partial charge in [-0.25, -0.2) is 0 Å². The Morgan fingerprint density at radius 3 is 2.93 bits per heavy atom. The van der Waals surface area contributed by atoms with Gasteiger partial charge < -0.3 is 10.1 Å². The van der Waals surface area contributed by atoms with E-state index in [1.54, 1.807) is 0 Å². The van der Waals surface area contributed by atoms with Crippen LogP contribution in [0.3, 0.4) is 0 Å². The second-order valence-corrected chi connectivity index (χ2v) is 4.94. The quantitative estimate of drug-likeness (QED) is 0.732. The van der Waals surface area contributed by atoms with Gasteiger partial charge in [0, 0.05) is 12.0 Å². The number of ether oxygens (including phenoxy) is 1. The molecule has 3 atom stereocenters. The van der Waals surface area contributed by atoms with E-state index in [1.807, 2.05) is 0 Å². The predicted molar refractivity (Wildman–Crippen MR) is 58.3 cm³/mol. The van der Waals surface area contributed by atoms with Crippen molar-refractivity contribution in [3.05, 3.63) is 0 Å². The Labute approximate surface area is 87.4 Å². The lowest BCUT2D eigenvalue weighted by molar-refractivity contribution is 0.00575. The summed E-state index contributed by atoms with van der Waals surface area (Å²) in [5.74, 6) is 0.846. The average molecular weight is 197 g/mol. The molecule has 0 aromatic carbocycles. The van der Waals surface area contributed by atoms with Crippen LogP contribution in [0.1, 0.15) is 39.5 Å². The Kier molecular flexibility index (Phi) is 3.13. The summed E-state index contributed by atoms with van der Waals surface area (Å²) in [5, 5.41) is 3.54. The second kappa shape index (κ2) is 4.19. The normalized spacial score (nSPS) is 43.3. The fraction of sp³-hybridized carbons (Fsp3) is 1.00. The Balaban J connectivity index is 2.11. The van der Waals surface area contributed by atoms with Gasteiger partial charge in [0.15, 0.2) is 0 Å². The lowest BCUT2D eigenvalue weighted by Crippen LogP contribution is -2.48. The van der Waals surface area contributed by atoms with Crippen LogP contribution in [0, 0.1) is 11.3 Å². The van der Waals surface area contributed by atoms with Crippen molar-refractivity contribution in [2.75, 3.05) is 19.7 Å². The van der Waals surface area contributed by atoms with Crippen molar-refractivity contribution >= 4 is 0 Å². The van der Waals surface area contributed by atoms with Gasteiger partial charge in [-0.15, -0.1) is 0 Å². The van der Waals surface area contributed by atoms with Crippen LogP contribution < -0.4 is 5.32 Å². The molecular weight excluding hydrogens is 174 g/mol. The van der Waals surface area contributed by atoms with Crippen LogP contribution in [-0.4, -0.2) is 25.8 Å². The van der Waals surface area contributed by atoms with Gasteiger partial charge in [0.2, 0.25) is 0 Å². The predicted octanol–water partition coefficient (Wildman–Crippen LogP) is 2.19. The van der Waals surface area contributed by atoms with Crippen LogP contribution in [0.4, 0.5) is 0 Å². The van der Waals surface area contributed by atoms with E-state index in [-0.39, 0.29) is 0 Å². The Hall–Kier alpha value is -0.0800. The van der Waals surface area contributed by atoms with Crippen LogP contribution in [0.15, 0.2) is 0 Å². The van der Waals surface area contributed by atoms with Crippen LogP contribution in [0.25, 0.3) is 0 Å². The Morgan fingerprint density at radius 2 is 2.29 bits per heavy atom. The highest BCUT2D eigenvalue weighted by Gasteiger charge is 2.47. The van der Waals surface area contributed by atoms with Crippen LogP contribution in [-0.2, 0) is 4.74 Å². The topological polar surface area (TPSA) is 21.3 Å². The smallest absolute Gasteiger partial charge is 0.0607 e. The van der Waals surface area contributed by atoms with Crippen LogP contribution in [0.2, 0.25) is 0 Å². The summed E-state index contributed by atoms with van der Waals surface area (Å²) in [7, 11) is 0. The van der Waals surface area contributed by atoms with Gasteiger partial charge in [-0.3, -0.25) is 0 Å². The fourth-order valence-electron chi connectivity index (χ4n) is 3.40. The van der Waals surface area contributed by atoms with Crippen molar-refractivity contribution in [1.82, 2.24) is 5.32 Å². The molecule has 82 valence electrons. The molecule has 2 heteroatoms. The third-order valence-corrected chi connectivity index (χ3v) is 4.35. The summed E-state index contributed by atoms with van der Waals surface area (Å²) < 4.78 is 5.79. The maximum Gasteiger partial charge on any atom is 0.0607 e. The molecule has 1 N–H and O–H groups in total. The van der Waals surface area contributed by atoms with E-state index in [2.05, 4.69) is 19.2 Å². The van der Waals surface area contributed by atoms with Crippen molar-refractivity contribution in [3.8, 4) is 0 Å². The molecule has 1 spiro atoms. The molecule has 2 aliphatic rings. The van der Waals surface area contributed by atoms with E-state index >= 15 is 0 Å². The fourth-order valence-corrected chi connectivity index (χ4v) is 3.40. The van der Waals surface area contributed by atoms with Crippen molar-refractivity contribution in [3.63, 3.8) is 0 Å². The molecule has 0 aliphatic carbocycles. The lowest BCUT2D eigenvalue weighted by atomic mass is 9.65. The maximum absolute atomic E-state index is 5.79. The molecule has 2 rings (SSSR count). The molecule has 0 bridgehead atoms. The van der Waals surface area contributed by atoms with Crippen LogP contribution in [0.5, 0.6) is 0 Å². The molecule has 0 aromatic rings. The zero-order valence-corrected chi connectivity index (χ0v) is 9.51. The van der Waals surface area contributed by atoms with Crippen molar-refractivity contribution in [1.29, 1.82) is 0 Å². The first-order chi connectivity index (χ1) is 6.79. The third-order valence-electron chi connectivity index (χ3n) is 4.35. The first kappa shape index (κ1) is 10.4. The molecule has 14 heavy (non-hydrogen) atoms. The summed E-state index contributed by atoms with van der Waals surface area (Å²) in [6.07, 6.45) is 5.77. The molecule has 2 aliphatic heterocycles. The third kappa shape index (κ3) is 1.59.